The molecule has 0 radical (unpaired) electrons. The van der Waals surface area contributed by atoms with E-state index in [1.807, 2.05) is 13.8 Å². The van der Waals surface area contributed by atoms with Crippen molar-refractivity contribution in [1.82, 2.24) is 4.90 Å². The van der Waals surface area contributed by atoms with E-state index in [-0.39, 0.29) is 11.6 Å². The summed E-state index contributed by atoms with van der Waals surface area (Å²) >= 11 is 0. The molecule has 0 unspecified atom stereocenters. The molecule has 0 aromatic heterocycles. The van der Waals surface area contributed by atoms with E-state index in [1.54, 1.807) is 31.2 Å². The van der Waals surface area contributed by atoms with E-state index in [1.165, 1.54) is 12.1 Å². The van der Waals surface area contributed by atoms with Crippen LogP contribution < -0.4 is 4.74 Å². The number of rotatable bonds is 9. The van der Waals surface area contributed by atoms with Crippen LogP contribution in [0.3, 0.4) is 0 Å². The van der Waals surface area contributed by atoms with E-state index < -0.39 is 11.5 Å². The molecule has 174 valence electrons. The minimum atomic E-state index is -1.11. The number of alkyl halides is 1. The molecule has 0 spiro atoms. The fraction of sp³-hybridized carbons (Fsp3) is 0.481. The molecular formula is C27H34F3NO. The number of allylic oxidation sites excluding steroid dienone is 1. The van der Waals surface area contributed by atoms with Gasteiger partial charge in [0.05, 0.1) is 6.61 Å². The van der Waals surface area contributed by atoms with Crippen LogP contribution in [-0.2, 0) is 0 Å². The molecule has 0 atom stereocenters. The lowest BCUT2D eigenvalue weighted by atomic mass is 9.94. The van der Waals surface area contributed by atoms with Gasteiger partial charge in [-0.2, -0.15) is 0 Å². The van der Waals surface area contributed by atoms with E-state index in [2.05, 4.69) is 11.5 Å². The lowest BCUT2D eigenvalue weighted by molar-refractivity contribution is 0.0565. The van der Waals surface area contributed by atoms with Crippen LogP contribution in [0.25, 0.3) is 16.7 Å². The first-order chi connectivity index (χ1) is 15.2. The van der Waals surface area contributed by atoms with Crippen LogP contribution in [0.4, 0.5) is 13.2 Å². The summed E-state index contributed by atoms with van der Waals surface area (Å²) in [5.41, 5.74) is 1.20. The molecule has 5 heteroatoms. The number of benzene rings is 2. The van der Waals surface area contributed by atoms with Crippen LogP contribution in [0.15, 0.2) is 43.0 Å². The quantitative estimate of drug-likeness (QED) is 0.402. The van der Waals surface area contributed by atoms with Gasteiger partial charge in [0.1, 0.15) is 11.5 Å². The van der Waals surface area contributed by atoms with Gasteiger partial charge in [0, 0.05) is 12.1 Å². The van der Waals surface area contributed by atoms with Crippen molar-refractivity contribution in [2.24, 2.45) is 5.92 Å². The normalized spacial score (nSPS) is 15.7. The summed E-state index contributed by atoms with van der Waals surface area (Å²) in [5.74, 6) is -0.302. The highest BCUT2D eigenvalue weighted by Gasteiger charge is 2.30. The fourth-order valence-electron chi connectivity index (χ4n) is 4.23. The zero-order chi connectivity index (χ0) is 23.3. The van der Waals surface area contributed by atoms with E-state index in [9.17, 15) is 13.2 Å². The molecule has 1 heterocycles. The van der Waals surface area contributed by atoms with Crippen molar-refractivity contribution >= 4 is 5.57 Å². The van der Waals surface area contributed by atoms with Crippen molar-refractivity contribution in [3.63, 3.8) is 0 Å². The Morgan fingerprint density at radius 3 is 2.16 bits per heavy atom. The first kappa shape index (κ1) is 24.4. The second kappa shape index (κ2) is 10.6. The molecule has 0 N–H and O–H groups in total. The smallest absolute Gasteiger partial charge is 0.165 e. The second-order valence-electron chi connectivity index (χ2n) is 9.01. The van der Waals surface area contributed by atoms with Gasteiger partial charge in [-0.3, -0.25) is 0 Å². The Labute approximate surface area is 190 Å². The molecule has 2 aromatic carbocycles. The summed E-state index contributed by atoms with van der Waals surface area (Å²) < 4.78 is 49.3. The van der Waals surface area contributed by atoms with Gasteiger partial charge in [0.25, 0.3) is 0 Å². The molecule has 0 aliphatic carbocycles. The van der Waals surface area contributed by atoms with Crippen LogP contribution in [0.1, 0.15) is 52.0 Å². The predicted octanol–water partition coefficient (Wildman–Crippen LogP) is 7.28. The Kier molecular flexibility index (Phi) is 8.05. The molecule has 2 aromatic rings. The van der Waals surface area contributed by atoms with E-state index in [0.29, 0.717) is 54.2 Å². The number of ether oxygens (including phenoxy) is 1. The average molecular weight is 446 g/mol. The maximum Gasteiger partial charge on any atom is 0.165 e. The number of nitrogens with zero attached hydrogens (tertiary/aromatic N) is 1. The van der Waals surface area contributed by atoms with Crippen LogP contribution in [0.5, 0.6) is 5.75 Å². The van der Waals surface area contributed by atoms with Gasteiger partial charge >= 0.3 is 0 Å². The third-order valence-electron chi connectivity index (χ3n) is 6.65. The van der Waals surface area contributed by atoms with Crippen LogP contribution in [0.2, 0.25) is 0 Å². The van der Waals surface area contributed by atoms with Gasteiger partial charge in [-0.05, 0) is 86.5 Å². The van der Waals surface area contributed by atoms with E-state index in [0.717, 1.165) is 25.9 Å². The molecule has 1 aliphatic heterocycles. The van der Waals surface area contributed by atoms with Gasteiger partial charge in [0.2, 0.25) is 0 Å². The molecule has 0 saturated carbocycles. The second-order valence-corrected chi connectivity index (χ2v) is 9.01. The molecule has 1 fully saturated rings. The molecule has 0 amide bonds. The minimum absolute atomic E-state index is 0.204. The molecule has 1 aliphatic rings. The summed E-state index contributed by atoms with van der Waals surface area (Å²) in [6.45, 7) is 11.9. The highest BCUT2D eigenvalue weighted by atomic mass is 19.1. The number of likely N-dealkylation sites (tertiary alicyclic amines) is 1. The Morgan fingerprint density at radius 1 is 1.03 bits per heavy atom. The SMILES string of the molecule is C=C(C)c1ccc(-c2ccc(OCC3CCN(CC(F)(CC)CC)CC3)c(F)c2)cc1F. The Balaban J connectivity index is 1.55. The molecule has 32 heavy (non-hydrogen) atoms. The lowest BCUT2D eigenvalue weighted by Crippen LogP contribution is -2.44. The lowest BCUT2D eigenvalue weighted by Gasteiger charge is -2.36. The highest BCUT2D eigenvalue weighted by Crippen LogP contribution is 2.30. The maximum absolute atomic E-state index is 14.6. The predicted molar refractivity (Wildman–Crippen MR) is 126 cm³/mol. The molecular weight excluding hydrogens is 411 g/mol. The van der Waals surface area contributed by atoms with Crippen molar-refractivity contribution in [2.45, 2.75) is 52.1 Å². The summed E-state index contributed by atoms with van der Waals surface area (Å²) in [6.07, 6.45) is 2.90. The first-order valence-corrected chi connectivity index (χ1v) is 11.5. The van der Waals surface area contributed by atoms with Crippen LogP contribution in [-0.4, -0.2) is 36.8 Å². The zero-order valence-corrected chi connectivity index (χ0v) is 19.4. The Hall–Kier alpha value is -2.27. The van der Waals surface area contributed by atoms with Crippen LogP contribution >= 0.6 is 0 Å². The summed E-state index contributed by atoms with van der Waals surface area (Å²) in [5, 5.41) is 0. The largest absolute Gasteiger partial charge is 0.490 e. The van der Waals surface area contributed by atoms with E-state index >= 15 is 0 Å². The molecule has 3 rings (SSSR count). The van der Waals surface area contributed by atoms with Crippen molar-refractivity contribution in [3.8, 4) is 16.9 Å². The Bertz CT molecular complexity index is 930. The Morgan fingerprint density at radius 2 is 1.62 bits per heavy atom. The summed E-state index contributed by atoms with van der Waals surface area (Å²) in [7, 11) is 0. The number of halogens is 3. The van der Waals surface area contributed by atoms with Crippen LogP contribution in [0, 0.1) is 17.6 Å². The van der Waals surface area contributed by atoms with Gasteiger partial charge in [0.15, 0.2) is 11.6 Å². The van der Waals surface area contributed by atoms with Gasteiger partial charge in [-0.15, -0.1) is 0 Å². The molecule has 0 bridgehead atoms. The molecule has 1 saturated heterocycles. The third-order valence-corrected chi connectivity index (χ3v) is 6.65. The van der Waals surface area contributed by atoms with E-state index in [4.69, 9.17) is 4.74 Å². The van der Waals surface area contributed by atoms with Crippen molar-refractivity contribution < 1.29 is 17.9 Å². The minimum Gasteiger partial charge on any atom is -0.490 e. The zero-order valence-electron chi connectivity index (χ0n) is 19.4. The van der Waals surface area contributed by atoms with Gasteiger partial charge < -0.3 is 9.64 Å². The summed E-state index contributed by atoms with van der Waals surface area (Å²) in [4.78, 5) is 2.19. The maximum atomic E-state index is 14.6. The monoisotopic (exact) mass is 445 g/mol. The average Bonchev–Trinajstić information content (AvgIpc) is 2.78. The summed E-state index contributed by atoms with van der Waals surface area (Å²) in [6, 6.07) is 9.55. The van der Waals surface area contributed by atoms with Gasteiger partial charge in [-0.25, -0.2) is 13.2 Å². The van der Waals surface area contributed by atoms with Crippen molar-refractivity contribution in [1.29, 1.82) is 0 Å². The highest BCUT2D eigenvalue weighted by molar-refractivity contribution is 5.69. The van der Waals surface area contributed by atoms with Crippen molar-refractivity contribution in [3.05, 3.63) is 60.2 Å². The fourth-order valence-corrected chi connectivity index (χ4v) is 4.23. The number of piperidine rings is 1. The third kappa shape index (κ3) is 5.94. The standard InChI is InChI=1S/C27H34F3NO/c1-5-27(30,6-2)18-31-13-11-20(12-14-31)17-32-26-10-8-22(16-25(26)29)21-7-9-23(19(3)4)24(28)15-21/h7-10,15-16,20H,3,5-6,11-14,17-18H2,1-2,4H3. The van der Waals surface area contributed by atoms with Crippen molar-refractivity contribution in [2.75, 3.05) is 26.2 Å². The number of hydrogen-bond acceptors (Lipinski definition) is 2. The van der Waals surface area contributed by atoms with Gasteiger partial charge in [-0.1, -0.05) is 38.6 Å². The number of hydrogen-bond donors (Lipinski definition) is 0. The molecule has 2 nitrogen and oxygen atoms in total. The first-order valence-electron chi connectivity index (χ1n) is 11.5. The topological polar surface area (TPSA) is 12.5 Å².